The number of anilines is 2. The molecule has 0 aliphatic heterocycles. The summed E-state index contributed by atoms with van der Waals surface area (Å²) in [5.41, 5.74) is 10.4. The fourth-order valence-electron chi connectivity index (χ4n) is 13.6. The van der Waals surface area contributed by atoms with Crippen LogP contribution >= 0.6 is 0 Å². The summed E-state index contributed by atoms with van der Waals surface area (Å²) in [5.74, 6) is 5.37. The van der Waals surface area contributed by atoms with Crippen molar-refractivity contribution in [2.24, 2.45) is 46.3 Å². The number of hydrogen-bond acceptors (Lipinski definition) is 9. The summed E-state index contributed by atoms with van der Waals surface area (Å²) < 4.78 is 1.53. The molecule has 0 unspecified atom stereocenters. The maximum absolute atomic E-state index is 12.8. The number of nitrogen functional groups attached to an aromatic ring is 1. The number of nitrogens with two attached hydrogens (primary N) is 1. The minimum absolute atomic E-state index is 0.0853. The average molecular weight is 953 g/mol. The van der Waals surface area contributed by atoms with Crippen molar-refractivity contribution >= 4 is 34.9 Å². The van der Waals surface area contributed by atoms with E-state index in [0.29, 0.717) is 47.7 Å². The van der Waals surface area contributed by atoms with Crippen LogP contribution in [0.5, 0.6) is 0 Å². The van der Waals surface area contributed by atoms with E-state index in [9.17, 15) is 19.5 Å². The summed E-state index contributed by atoms with van der Waals surface area (Å²) in [6.45, 7) is 20.2. The van der Waals surface area contributed by atoms with Gasteiger partial charge < -0.3 is 42.0 Å². The van der Waals surface area contributed by atoms with Gasteiger partial charge in [0.2, 0.25) is 5.95 Å². The number of H-pyrrole nitrogens is 1. The fourth-order valence-corrected chi connectivity index (χ4v) is 13.6. The van der Waals surface area contributed by atoms with Crippen molar-refractivity contribution in [1.82, 2.24) is 40.4 Å². The van der Waals surface area contributed by atoms with E-state index >= 15 is 0 Å². The number of rotatable bonds is 26. The molecule has 1 aromatic carbocycles. The van der Waals surface area contributed by atoms with E-state index in [1.807, 2.05) is 12.1 Å². The molecule has 2 aromatic heterocycles. The van der Waals surface area contributed by atoms with Gasteiger partial charge in [-0.3, -0.25) is 9.36 Å². The van der Waals surface area contributed by atoms with E-state index in [1.54, 1.807) is 22.6 Å². The Kier molecular flexibility index (Phi) is 18.3. The van der Waals surface area contributed by atoms with Gasteiger partial charge in [0.25, 0.3) is 5.91 Å². The molecule has 4 aliphatic rings. The lowest BCUT2D eigenvalue weighted by Gasteiger charge is -2.59. The van der Waals surface area contributed by atoms with Crippen LogP contribution in [0, 0.1) is 46.3 Å². The van der Waals surface area contributed by atoms with Gasteiger partial charge in [-0.2, -0.15) is 9.97 Å². The highest BCUT2D eigenvalue weighted by molar-refractivity contribution is 5.94. The Morgan fingerprint density at radius 3 is 2.35 bits per heavy atom. The zero-order valence-electron chi connectivity index (χ0n) is 43.1. The molecule has 8 atom stereocenters. The molecule has 69 heavy (non-hydrogen) atoms. The predicted octanol–water partition coefficient (Wildman–Crippen LogP) is 9.82. The molecule has 7 rings (SSSR count). The molecule has 2 heterocycles. The second-order valence-corrected chi connectivity index (χ2v) is 22.5. The van der Waals surface area contributed by atoms with E-state index in [0.717, 1.165) is 125 Å². The number of carboxylic acid groups (broad SMARTS) is 1. The number of nitrogens with one attached hydrogen (secondary N) is 5. The molecule has 3 fully saturated rings. The molecule has 3 aromatic rings. The molecular weight excluding hydrogens is 865 g/mol. The Hall–Kier alpha value is -4.43. The van der Waals surface area contributed by atoms with Gasteiger partial charge in [-0.05, 0) is 174 Å². The monoisotopic (exact) mass is 953 g/mol. The third-order valence-electron chi connectivity index (χ3n) is 17.5. The van der Waals surface area contributed by atoms with Crippen LogP contribution in [0.1, 0.15) is 167 Å². The Balaban J connectivity index is 0.743. The number of carbonyl (C=O) groups excluding carboxylic acids is 1. The average Bonchev–Trinajstić information content (AvgIpc) is 3.84. The normalized spacial score (nSPS) is 25.7. The van der Waals surface area contributed by atoms with Crippen LogP contribution in [0.2, 0.25) is 0 Å². The van der Waals surface area contributed by atoms with E-state index < -0.39 is 6.09 Å². The molecule has 3 saturated carbocycles. The number of allylic oxidation sites excluding steroid dienone is 1. The molecule has 382 valence electrons. The van der Waals surface area contributed by atoms with Gasteiger partial charge in [0.05, 0.1) is 6.54 Å². The number of unbranched alkanes of at least 4 members (excludes halogenated alkanes) is 2. The first-order chi connectivity index (χ1) is 33.2. The fraction of sp³-hybridized carbons (Fsp3) is 0.727. The number of carbonyl (C=O) groups is 2. The summed E-state index contributed by atoms with van der Waals surface area (Å²) in [4.78, 5) is 51.6. The van der Waals surface area contributed by atoms with Crippen molar-refractivity contribution < 1.29 is 14.7 Å². The maximum Gasteiger partial charge on any atom is 0.407 e. The van der Waals surface area contributed by atoms with Crippen molar-refractivity contribution in [3.63, 3.8) is 0 Å². The largest absolute Gasteiger partial charge is 0.465 e. The van der Waals surface area contributed by atoms with E-state index in [-0.39, 0.29) is 35.4 Å². The van der Waals surface area contributed by atoms with E-state index in [2.05, 4.69) is 83.8 Å². The first-order valence-corrected chi connectivity index (χ1v) is 27.2. The van der Waals surface area contributed by atoms with Crippen molar-refractivity contribution in [3.05, 3.63) is 57.5 Å². The van der Waals surface area contributed by atoms with Crippen molar-refractivity contribution in [2.75, 3.05) is 56.9 Å². The SMILES string of the molecule is CCCCNc1nc(N)c2[nH]c(=O)n(Cc3ccc(C(=O)NCCCNCCCCNCCCN(C(=O)O)[C@H]4CC[C@@]5(C)C(=CC[C@H]6[C@@H]7CC[C@H]([C@H](C)CCCC(C)C)[C@@]7(C)CC[C@@H]65)C4)cc3)c2n1. The first kappa shape index (κ1) is 52.4. The Bertz CT molecular complexity index is 2240. The summed E-state index contributed by atoms with van der Waals surface area (Å²) >= 11 is 0. The second-order valence-electron chi connectivity index (χ2n) is 22.5. The molecule has 8 N–H and O–H groups in total. The van der Waals surface area contributed by atoms with Crippen LogP contribution in [-0.2, 0) is 6.54 Å². The van der Waals surface area contributed by atoms with Crippen LogP contribution in [0.15, 0.2) is 40.7 Å². The lowest BCUT2D eigenvalue weighted by molar-refractivity contribution is -0.0541. The maximum atomic E-state index is 12.8. The Labute approximate surface area is 412 Å². The number of aromatic amines is 1. The molecule has 4 aliphatic carbocycles. The third-order valence-corrected chi connectivity index (χ3v) is 17.5. The summed E-state index contributed by atoms with van der Waals surface area (Å²) in [5, 5.41) is 23.6. The van der Waals surface area contributed by atoms with E-state index in [4.69, 9.17) is 5.73 Å². The minimum atomic E-state index is -0.767. The van der Waals surface area contributed by atoms with Crippen LogP contribution in [0.25, 0.3) is 11.2 Å². The van der Waals surface area contributed by atoms with Crippen molar-refractivity contribution in [3.8, 4) is 0 Å². The second kappa shape index (κ2) is 24.1. The third kappa shape index (κ3) is 12.6. The van der Waals surface area contributed by atoms with Crippen molar-refractivity contribution in [2.45, 2.75) is 163 Å². The molecule has 14 nitrogen and oxygen atoms in total. The number of benzene rings is 1. The highest BCUT2D eigenvalue weighted by Crippen LogP contribution is 2.67. The quantitative estimate of drug-likeness (QED) is 0.0301. The predicted molar refractivity (Wildman–Crippen MR) is 280 cm³/mol. The molecule has 14 heteroatoms. The number of hydrogen-bond donors (Lipinski definition) is 7. The summed E-state index contributed by atoms with van der Waals surface area (Å²) in [6.07, 6.45) is 21.5. The summed E-state index contributed by atoms with van der Waals surface area (Å²) in [6, 6.07) is 7.33. The topological polar surface area (TPSA) is 195 Å². The van der Waals surface area contributed by atoms with Gasteiger partial charge in [0.15, 0.2) is 11.5 Å². The van der Waals surface area contributed by atoms with Crippen molar-refractivity contribution in [1.29, 1.82) is 0 Å². The zero-order valence-corrected chi connectivity index (χ0v) is 43.1. The molecular formula is C55H88N10O4. The van der Waals surface area contributed by atoms with E-state index in [1.165, 1.54) is 55.9 Å². The number of amides is 2. The zero-order chi connectivity index (χ0) is 49.1. The first-order valence-electron chi connectivity index (χ1n) is 27.2. The lowest BCUT2D eigenvalue weighted by atomic mass is 9.46. The van der Waals surface area contributed by atoms with Gasteiger partial charge in [-0.25, -0.2) is 9.59 Å². The smallest absolute Gasteiger partial charge is 0.407 e. The highest BCUT2D eigenvalue weighted by atomic mass is 16.4. The standard InChI is InChI=1S/C55H88N10O4/c1-7-8-32-60-51-62-48(56)47-49(63-51)65(52(67)61-47)36-39-16-18-40(19-17-39)50(66)59-33-12-30-57-28-9-10-29-58-31-13-34-64(53(68)69)42-24-26-54(5)41(35-42)20-21-43-45-23-22-44(38(4)15-11-14-37(2)3)55(45,6)27-25-46(43)54/h16-20,37-38,42-46,57-58H,7-15,21-36H2,1-6H3,(H,59,66)(H,61,67)(H,68,69)(H3,56,60,62,63)/t38-,42+,43+,44-,45+,46+,54+,55-/m1/s1. The molecule has 2 amide bonds. The number of aromatic nitrogens is 4. The van der Waals surface area contributed by atoms with Gasteiger partial charge >= 0.3 is 11.8 Å². The lowest BCUT2D eigenvalue weighted by Crippen LogP contribution is -2.52. The number of imidazole rings is 1. The Morgan fingerprint density at radius 1 is 0.884 bits per heavy atom. The number of nitrogens with zero attached hydrogens (tertiary/aromatic N) is 4. The highest BCUT2D eigenvalue weighted by Gasteiger charge is 2.59. The minimum Gasteiger partial charge on any atom is -0.465 e. The molecule has 0 saturated heterocycles. The van der Waals surface area contributed by atoms with Crippen LogP contribution in [0.3, 0.4) is 0 Å². The molecule has 0 bridgehead atoms. The van der Waals surface area contributed by atoms with Gasteiger partial charge in [0.1, 0.15) is 5.52 Å². The summed E-state index contributed by atoms with van der Waals surface area (Å²) in [7, 11) is 0. The van der Waals surface area contributed by atoms with Gasteiger partial charge in [-0.15, -0.1) is 0 Å². The van der Waals surface area contributed by atoms with Gasteiger partial charge in [0, 0.05) is 31.2 Å². The number of fused-ring (bicyclic) bond motifs is 6. The molecule has 0 spiro atoms. The van der Waals surface area contributed by atoms with Gasteiger partial charge in [-0.1, -0.05) is 91.0 Å². The molecule has 0 radical (unpaired) electrons. The Morgan fingerprint density at radius 2 is 1.62 bits per heavy atom. The van der Waals surface area contributed by atoms with Crippen LogP contribution < -0.4 is 32.7 Å². The van der Waals surface area contributed by atoms with Crippen LogP contribution in [0.4, 0.5) is 16.6 Å². The van der Waals surface area contributed by atoms with Crippen LogP contribution in [-0.4, -0.2) is 93.4 Å².